The Kier molecular flexibility index (Phi) is 4.16. The third-order valence-electron chi connectivity index (χ3n) is 3.45. The molecule has 0 saturated carbocycles. The summed E-state index contributed by atoms with van der Waals surface area (Å²) in [6.45, 7) is -0.0596. The summed E-state index contributed by atoms with van der Waals surface area (Å²) in [6, 6.07) is 11.5. The Hall–Kier alpha value is -2.61. The molecule has 0 bridgehead atoms. The number of rotatable bonds is 2. The molecule has 1 aliphatic heterocycles. The van der Waals surface area contributed by atoms with E-state index in [4.69, 9.17) is 16.7 Å². The predicted molar refractivity (Wildman–Crippen MR) is 87.6 cm³/mol. The van der Waals surface area contributed by atoms with Crippen molar-refractivity contribution in [1.29, 1.82) is 0 Å². The molecule has 3 rings (SSSR count). The van der Waals surface area contributed by atoms with E-state index in [2.05, 4.69) is 11.8 Å². The second kappa shape index (κ2) is 6.25. The molecule has 4 nitrogen and oxygen atoms in total. The van der Waals surface area contributed by atoms with Gasteiger partial charge in [0.05, 0.1) is 29.0 Å². The number of benzene rings is 2. The Bertz CT molecular complexity index is 829. The summed E-state index contributed by atoms with van der Waals surface area (Å²) in [6.07, 6.45) is 0.300. The molecule has 0 spiro atoms. The number of amides is 2. The van der Waals surface area contributed by atoms with Crippen molar-refractivity contribution in [3.63, 3.8) is 0 Å². The van der Waals surface area contributed by atoms with E-state index in [-0.39, 0.29) is 18.4 Å². The van der Waals surface area contributed by atoms with Gasteiger partial charge in [0.15, 0.2) is 0 Å². The molecule has 23 heavy (non-hydrogen) atoms. The minimum Gasteiger partial charge on any atom is -0.395 e. The standard InChI is InChI=1S/C18H12ClNO3/c19-13-8-9-16(12(11-13)5-3-4-10-21)20-17(22)14-6-1-2-7-15(14)18(20)23/h1-2,6-9,11,21H,4,10H2. The van der Waals surface area contributed by atoms with Gasteiger partial charge in [-0.1, -0.05) is 35.6 Å². The minimum absolute atomic E-state index is 0.0596. The summed E-state index contributed by atoms with van der Waals surface area (Å²) in [5.41, 5.74) is 1.62. The van der Waals surface area contributed by atoms with Crippen molar-refractivity contribution in [2.24, 2.45) is 0 Å². The van der Waals surface area contributed by atoms with Crippen LogP contribution < -0.4 is 4.90 Å². The Labute approximate surface area is 138 Å². The number of carbonyl (C=O) groups is 2. The van der Waals surface area contributed by atoms with Crippen molar-refractivity contribution in [2.45, 2.75) is 6.42 Å². The highest BCUT2D eigenvalue weighted by Crippen LogP contribution is 2.31. The van der Waals surface area contributed by atoms with Crippen molar-refractivity contribution in [2.75, 3.05) is 11.5 Å². The predicted octanol–water partition coefficient (Wildman–Crippen LogP) is 2.87. The molecular weight excluding hydrogens is 314 g/mol. The van der Waals surface area contributed by atoms with Gasteiger partial charge in [0.2, 0.25) is 0 Å². The molecule has 1 N–H and O–H groups in total. The molecule has 0 radical (unpaired) electrons. The van der Waals surface area contributed by atoms with Crippen LogP contribution in [-0.4, -0.2) is 23.5 Å². The Morgan fingerprint density at radius 1 is 1.04 bits per heavy atom. The topological polar surface area (TPSA) is 57.6 Å². The Morgan fingerprint density at radius 3 is 2.30 bits per heavy atom. The summed E-state index contributed by atoms with van der Waals surface area (Å²) in [5.74, 6) is 4.89. The fraction of sp³-hybridized carbons (Fsp3) is 0.111. The van der Waals surface area contributed by atoms with Crippen molar-refractivity contribution < 1.29 is 14.7 Å². The van der Waals surface area contributed by atoms with Crippen LogP contribution in [0.5, 0.6) is 0 Å². The van der Waals surface area contributed by atoms with Gasteiger partial charge in [-0.05, 0) is 30.3 Å². The third kappa shape index (κ3) is 2.72. The number of hydrogen-bond donors (Lipinski definition) is 1. The molecule has 5 heteroatoms. The number of nitrogens with zero attached hydrogens (tertiary/aromatic N) is 1. The van der Waals surface area contributed by atoms with Gasteiger partial charge >= 0.3 is 0 Å². The number of anilines is 1. The summed E-state index contributed by atoms with van der Waals surface area (Å²) < 4.78 is 0. The van der Waals surface area contributed by atoms with E-state index in [1.807, 2.05) is 0 Å². The molecule has 1 heterocycles. The Morgan fingerprint density at radius 2 is 1.70 bits per heavy atom. The molecule has 2 aromatic rings. The van der Waals surface area contributed by atoms with E-state index >= 15 is 0 Å². The van der Waals surface area contributed by atoms with Crippen LogP contribution in [0.4, 0.5) is 5.69 Å². The van der Waals surface area contributed by atoms with Gasteiger partial charge in [-0.15, -0.1) is 0 Å². The summed E-state index contributed by atoms with van der Waals surface area (Å²) in [4.78, 5) is 26.2. The highest BCUT2D eigenvalue weighted by molar-refractivity contribution is 6.35. The Balaban J connectivity index is 2.09. The smallest absolute Gasteiger partial charge is 0.266 e. The van der Waals surface area contributed by atoms with Gasteiger partial charge in [0, 0.05) is 11.4 Å². The molecule has 0 aromatic heterocycles. The number of imide groups is 1. The second-order valence-corrected chi connectivity index (χ2v) is 5.36. The van der Waals surface area contributed by atoms with E-state index in [1.165, 1.54) is 0 Å². The normalized spacial score (nSPS) is 12.9. The van der Waals surface area contributed by atoms with Crippen LogP contribution in [0.1, 0.15) is 32.7 Å². The van der Waals surface area contributed by atoms with E-state index in [1.54, 1.807) is 42.5 Å². The van der Waals surface area contributed by atoms with Gasteiger partial charge in [-0.3, -0.25) is 9.59 Å². The maximum atomic E-state index is 12.6. The van der Waals surface area contributed by atoms with Gasteiger partial charge < -0.3 is 5.11 Å². The van der Waals surface area contributed by atoms with Gasteiger partial charge in [0.1, 0.15) is 0 Å². The fourth-order valence-corrected chi connectivity index (χ4v) is 2.60. The highest BCUT2D eigenvalue weighted by atomic mass is 35.5. The van der Waals surface area contributed by atoms with Crippen molar-refractivity contribution in [3.8, 4) is 11.8 Å². The lowest BCUT2D eigenvalue weighted by Gasteiger charge is -2.16. The number of hydrogen-bond acceptors (Lipinski definition) is 3. The molecule has 114 valence electrons. The van der Waals surface area contributed by atoms with E-state index in [9.17, 15) is 9.59 Å². The first kappa shape index (κ1) is 15.3. The second-order valence-electron chi connectivity index (χ2n) is 4.93. The summed E-state index contributed by atoms with van der Waals surface area (Å²) in [7, 11) is 0. The molecule has 2 amide bonds. The lowest BCUT2D eigenvalue weighted by atomic mass is 10.1. The summed E-state index contributed by atoms with van der Waals surface area (Å²) in [5, 5.41) is 9.29. The third-order valence-corrected chi connectivity index (χ3v) is 3.69. The zero-order chi connectivity index (χ0) is 16.4. The first-order valence-electron chi connectivity index (χ1n) is 7.00. The van der Waals surface area contributed by atoms with Crippen LogP contribution >= 0.6 is 11.6 Å². The molecule has 0 fully saturated rings. The van der Waals surface area contributed by atoms with Gasteiger partial charge in [0.25, 0.3) is 11.8 Å². The number of carbonyl (C=O) groups excluding carboxylic acids is 2. The monoisotopic (exact) mass is 325 g/mol. The van der Waals surface area contributed by atoms with Crippen molar-refractivity contribution in [1.82, 2.24) is 0 Å². The zero-order valence-corrected chi connectivity index (χ0v) is 12.8. The molecule has 0 aliphatic carbocycles. The van der Waals surface area contributed by atoms with E-state index < -0.39 is 0 Å². The first-order chi connectivity index (χ1) is 11.1. The quantitative estimate of drug-likeness (QED) is 0.682. The number of aliphatic hydroxyl groups is 1. The molecule has 0 unspecified atom stereocenters. The first-order valence-corrected chi connectivity index (χ1v) is 7.38. The molecule has 0 saturated heterocycles. The fourth-order valence-electron chi connectivity index (χ4n) is 2.43. The molecular formula is C18H12ClNO3. The van der Waals surface area contributed by atoms with Crippen LogP contribution in [0.2, 0.25) is 5.02 Å². The zero-order valence-electron chi connectivity index (χ0n) is 12.0. The lowest BCUT2D eigenvalue weighted by Crippen LogP contribution is -2.30. The number of aliphatic hydroxyl groups excluding tert-OH is 1. The van der Waals surface area contributed by atoms with Crippen LogP contribution in [0.3, 0.4) is 0 Å². The molecule has 1 aliphatic rings. The lowest BCUT2D eigenvalue weighted by molar-refractivity contribution is 0.0926. The van der Waals surface area contributed by atoms with Crippen molar-refractivity contribution in [3.05, 3.63) is 64.2 Å². The molecule has 0 atom stereocenters. The van der Waals surface area contributed by atoms with E-state index in [0.717, 1.165) is 4.90 Å². The minimum atomic E-state index is -0.377. The highest BCUT2D eigenvalue weighted by Gasteiger charge is 2.37. The van der Waals surface area contributed by atoms with Crippen LogP contribution in [0, 0.1) is 11.8 Å². The van der Waals surface area contributed by atoms with Crippen LogP contribution in [0.25, 0.3) is 0 Å². The van der Waals surface area contributed by atoms with Crippen LogP contribution in [-0.2, 0) is 0 Å². The van der Waals surface area contributed by atoms with Gasteiger partial charge in [-0.2, -0.15) is 0 Å². The largest absolute Gasteiger partial charge is 0.395 e. The number of halogens is 1. The van der Waals surface area contributed by atoms with Crippen LogP contribution in [0.15, 0.2) is 42.5 Å². The van der Waals surface area contributed by atoms with Crippen molar-refractivity contribution >= 4 is 29.1 Å². The average molecular weight is 326 g/mol. The number of fused-ring (bicyclic) bond motifs is 1. The van der Waals surface area contributed by atoms with Gasteiger partial charge in [-0.25, -0.2) is 4.90 Å². The maximum absolute atomic E-state index is 12.6. The average Bonchev–Trinajstić information content (AvgIpc) is 2.80. The SMILES string of the molecule is O=C1c2ccccc2C(=O)N1c1ccc(Cl)cc1C#CCCO. The molecule has 2 aromatic carbocycles. The maximum Gasteiger partial charge on any atom is 0.266 e. The van der Waals surface area contributed by atoms with E-state index in [0.29, 0.717) is 33.8 Å². The summed E-state index contributed by atoms with van der Waals surface area (Å²) >= 11 is 5.99.